The summed E-state index contributed by atoms with van der Waals surface area (Å²) in [4.78, 5) is 24.2. The van der Waals surface area contributed by atoms with E-state index >= 15 is 0 Å². The second-order valence-corrected chi connectivity index (χ2v) is 5.77. The Labute approximate surface area is 147 Å². The summed E-state index contributed by atoms with van der Waals surface area (Å²) in [5.41, 5.74) is 1.09. The first kappa shape index (κ1) is 16.7. The zero-order valence-electron chi connectivity index (χ0n) is 13.0. The molecule has 0 unspecified atom stereocenters. The zero-order chi connectivity index (χ0) is 18.1. The number of nitrogens with one attached hydrogen (secondary N) is 1. The molecule has 2 aromatic rings. The Kier molecular flexibility index (Phi) is 4.28. The summed E-state index contributed by atoms with van der Waals surface area (Å²) in [6, 6.07) is 10.4. The quantitative estimate of drug-likeness (QED) is 0.395. The molecule has 0 aromatic heterocycles. The van der Waals surface area contributed by atoms with E-state index in [-0.39, 0.29) is 22.2 Å². The van der Waals surface area contributed by atoms with Gasteiger partial charge >= 0.3 is 0 Å². The molecule has 3 rings (SSSR count). The van der Waals surface area contributed by atoms with E-state index < -0.39 is 16.6 Å². The average molecular weight is 357 g/mol. The number of rotatable bonds is 3. The maximum absolute atomic E-state index is 14.0. The summed E-state index contributed by atoms with van der Waals surface area (Å²) >= 11 is 5.12. The lowest BCUT2D eigenvalue weighted by molar-refractivity contribution is -0.385. The fourth-order valence-corrected chi connectivity index (χ4v) is 2.76. The van der Waals surface area contributed by atoms with Crippen molar-refractivity contribution in [1.82, 2.24) is 5.32 Å². The first-order valence-corrected chi connectivity index (χ1v) is 7.66. The van der Waals surface area contributed by atoms with Crippen LogP contribution >= 0.6 is 12.2 Å². The molecule has 0 saturated carbocycles. The number of carbonyl (C=O) groups is 1. The molecule has 25 heavy (non-hydrogen) atoms. The zero-order valence-corrected chi connectivity index (χ0v) is 13.8. The van der Waals surface area contributed by atoms with Crippen LogP contribution in [0.25, 0.3) is 6.08 Å². The molecule has 1 heterocycles. The van der Waals surface area contributed by atoms with Gasteiger partial charge in [0.25, 0.3) is 11.6 Å². The van der Waals surface area contributed by atoms with Crippen LogP contribution < -0.4 is 10.2 Å². The van der Waals surface area contributed by atoms with E-state index in [0.717, 1.165) is 4.90 Å². The third-order valence-electron chi connectivity index (χ3n) is 3.71. The summed E-state index contributed by atoms with van der Waals surface area (Å²) in [5.74, 6) is -1.11. The summed E-state index contributed by atoms with van der Waals surface area (Å²) < 4.78 is 14.0. The largest absolute Gasteiger partial charge is 0.327 e. The van der Waals surface area contributed by atoms with Crippen LogP contribution in [0.1, 0.15) is 11.1 Å². The third kappa shape index (κ3) is 3.11. The average Bonchev–Trinajstić information content (AvgIpc) is 2.84. The molecule has 1 fully saturated rings. The summed E-state index contributed by atoms with van der Waals surface area (Å²) in [6.45, 7) is 1.63. The maximum Gasteiger partial charge on any atom is 0.281 e. The molecule has 1 aliphatic heterocycles. The Morgan fingerprint density at radius 1 is 1.28 bits per heavy atom. The molecule has 0 radical (unpaired) electrons. The summed E-state index contributed by atoms with van der Waals surface area (Å²) in [7, 11) is 0. The van der Waals surface area contributed by atoms with Crippen molar-refractivity contribution in [3.8, 4) is 0 Å². The molecule has 0 spiro atoms. The second kappa shape index (κ2) is 6.40. The minimum Gasteiger partial charge on any atom is -0.327 e. The molecule has 126 valence electrons. The lowest BCUT2D eigenvalue weighted by Gasteiger charge is -2.14. The monoisotopic (exact) mass is 357 g/mol. The van der Waals surface area contributed by atoms with Crippen LogP contribution in [0.15, 0.2) is 48.2 Å². The number of nitro groups is 1. The highest BCUT2D eigenvalue weighted by molar-refractivity contribution is 7.80. The normalized spacial score (nSPS) is 15.6. The number of halogens is 1. The van der Waals surface area contributed by atoms with Crippen molar-refractivity contribution in [2.24, 2.45) is 0 Å². The van der Waals surface area contributed by atoms with E-state index in [2.05, 4.69) is 5.32 Å². The number of para-hydroxylation sites is 1. The Morgan fingerprint density at radius 2 is 2.00 bits per heavy atom. The van der Waals surface area contributed by atoms with Crippen molar-refractivity contribution < 1.29 is 14.1 Å². The Bertz CT molecular complexity index is 942. The van der Waals surface area contributed by atoms with E-state index in [0.29, 0.717) is 11.1 Å². The van der Waals surface area contributed by atoms with Crippen LogP contribution in [0.4, 0.5) is 15.8 Å². The molecule has 6 nitrogen and oxygen atoms in total. The summed E-state index contributed by atoms with van der Waals surface area (Å²) in [5, 5.41) is 13.8. The molecule has 1 N–H and O–H groups in total. The first-order valence-electron chi connectivity index (χ1n) is 7.25. The Balaban J connectivity index is 1.98. The third-order valence-corrected chi connectivity index (χ3v) is 4.00. The smallest absolute Gasteiger partial charge is 0.281 e. The fourth-order valence-electron chi connectivity index (χ4n) is 2.47. The number of carbonyl (C=O) groups excluding carboxylic acids is 1. The van der Waals surface area contributed by atoms with Crippen LogP contribution in [0.2, 0.25) is 0 Å². The van der Waals surface area contributed by atoms with E-state index in [1.165, 1.54) is 30.3 Å². The number of thiocarbonyl (C=S) groups is 1. The van der Waals surface area contributed by atoms with Gasteiger partial charge in [-0.2, -0.15) is 0 Å². The van der Waals surface area contributed by atoms with Gasteiger partial charge in [0, 0.05) is 11.6 Å². The van der Waals surface area contributed by atoms with Crippen molar-refractivity contribution in [2.45, 2.75) is 6.92 Å². The highest BCUT2D eigenvalue weighted by Gasteiger charge is 2.33. The Hall–Kier alpha value is -3.13. The molecule has 0 atom stereocenters. The SMILES string of the molecule is Cc1ccc(/C=C2\NC(=S)N(c3ccccc3F)C2=O)cc1[N+](=O)[O-]. The van der Waals surface area contributed by atoms with Gasteiger partial charge in [0.15, 0.2) is 5.11 Å². The van der Waals surface area contributed by atoms with Gasteiger partial charge in [0.1, 0.15) is 11.5 Å². The number of benzene rings is 2. The van der Waals surface area contributed by atoms with Crippen LogP contribution in [0.3, 0.4) is 0 Å². The van der Waals surface area contributed by atoms with Gasteiger partial charge in [0.05, 0.1) is 10.6 Å². The molecule has 0 bridgehead atoms. The topological polar surface area (TPSA) is 75.5 Å². The van der Waals surface area contributed by atoms with Gasteiger partial charge in [-0.25, -0.2) is 9.29 Å². The number of aryl methyl sites for hydroxylation is 1. The minimum absolute atomic E-state index is 0.0444. The van der Waals surface area contributed by atoms with Gasteiger partial charge in [-0.05, 0) is 42.9 Å². The molecule has 1 saturated heterocycles. The number of anilines is 1. The summed E-state index contributed by atoms with van der Waals surface area (Å²) in [6.07, 6.45) is 1.45. The number of amides is 1. The van der Waals surface area contributed by atoms with Crippen LogP contribution in [-0.2, 0) is 4.79 Å². The van der Waals surface area contributed by atoms with E-state index in [4.69, 9.17) is 12.2 Å². The lowest BCUT2D eigenvalue weighted by atomic mass is 10.1. The number of nitro benzene ring substituents is 1. The maximum atomic E-state index is 14.0. The van der Waals surface area contributed by atoms with Crippen molar-refractivity contribution in [3.05, 3.63) is 75.2 Å². The van der Waals surface area contributed by atoms with E-state index in [1.54, 1.807) is 25.1 Å². The van der Waals surface area contributed by atoms with E-state index in [9.17, 15) is 19.3 Å². The van der Waals surface area contributed by atoms with Gasteiger partial charge < -0.3 is 5.32 Å². The van der Waals surface area contributed by atoms with Gasteiger partial charge in [-0.3, -0.25) is 14.9 Å². The predicted octanol–water partition coefficient (Wildman–Crippen LogP) is 3.30. The van der Waals surface area contributed by atoms with Gasteiger partial charge in [-0.1, -0.05) is 24.3 Å². The predicted molar refractivity (Wildman–Crippen MR) is 95.4 cm³/mol. The molecular weight excluding hydrogens is 345 g/mol. The second-order valence-electron chi connectivity index (χ2n) is 5.38. The highest BCUT2D eigenvalue weighted by Crippen LogP contribution is 2.26. The van der Waals surface area contributed by atoms with E-state index in [1.807, 2.05) is 0 Å². The van der Waals surface area contributed by atoms with Crippen LogP contribution in [-0.4, -0.2) is 15.9 Å². The highest BCUT2D eigenvalue weighted by atomic mass is 32.1. The van der Waals surface area contributed by atoms with Crippen LogP contribution in [0, 0.1) is 22.9 Å². The molecule has 1 aliphatic rings. The molecule has 2 aromatic carbocycles. The molecule has 0 aliphatic carbocycles. The van der Waals surface area contributed by atoms with Crippen molar-refractivity contribution in [3.63, 3.8) is 0 Å². The lowest BCUT2D eigenvalue weighted by Crippen LogP contribution is -2.31. The first-order chi connectivity index (χ1) is 11.9. The van der Waals surface area contributed by atoms with Gasteiger partial charge in [-0.15, -0.1) is 0 Å². The van der Waals surface area contributed by atoms with Crippen LogP contribution in [0.5, 0.6) is 0 Å². The standard InChI is InChI=1S/C17H12FN3O3S/c1-10-6-7-11(9-15(10)21(23)24)8-13-16(22)20(17(25)19-13)14-5-3-2-4-12(14)18/h2-9H,1H3,(H,19,25)/b13-8-. The number of nitrogens with zero attached hydrogens (tertiary/aromatic N) is 2. The molecule has 1 amide bonds. The molecular formula is C17H12FN3O3S. The Morgan fingerprint density at radius 3 is 2.68 bits per heavy atom. The van der Waals surface area contributed by atoms with Crippen molar-refractivity contribution in [2.75, 3.05) is 4.90 Å². The minimum atomic E-state index is -0.577. The van der Waals surface area contributed by atoms with Crippen molar-refractivity contribution in [1.29, 1.82) is 0 Å². The van der Waals surface area contributed by atoms with Gasteiger partial charge in [0.2, 0.25) is 0 Å². The van der Waals surface area contributed by atoms with Crippen molar-refractivity contribution >= 4 is 40.7 Å². The fraction of sp³-hybridized carbons (Fsp3) is 0.0588. The molecule has 8 heteroatoms. The number of hydrogen-bond acceptors (Lipinski definition) is 4. The number of hydrogen-bond donors (Lipinski definition) is 1.